The van der Waals surface area contributed by atoms with E-state index in [4.69, 9.17) is 13.9 Å². The summed E-state index contributed by atoms with van der Waals surface area (Å²) in [6.45, 7) is 0.912. The summed E-state index contributed by atoms with van der Waals surface area (Å²) in [4.78, 5) is 31.8. The van der Waals surface area contributed by atoms with E-state index >= 15 is 0 Å². The summed E-state index contributed by atoms with van der Waals surface area (Å²) in [6.07, 6.45) is 7.15. The van der Waals surface area contributed by atoms with Crippen molar-refractivity contribution in [3.8, 4) is 11.5 Å². The van der Waals surface area contributed by atoms with Gasteiger partial charge in [0.1, 0.15) is 0 Å². The smallest absolute Gasteiger partial charge is 0.290 e. The van der Waals surface area contributed by atoms with Gasteiger partial charge in [0.25, 0.3) is 5.91 Å². The molecule has 9 heteroatoms. The number of para-hydroxylation sites is 1. The molecule has 1 amide bonds. The number of Topliss-reactive ketones (excluding diaryl/α,β-unsaturated/α-hetero) is 1. The first-order valence-electron chi connectivity index (χ1n) is 10.1. The summed E-state index contributed by atoms with van der Waals surface area (Å²) < 4.78 is 18.1. The van der Waals surface area contributed by atoms with Gasteiger partial charge in [0.05, 0.1) is 38.4 Å². The third kappa shape index (κ3) is 3.73. The van der Waals surface area contributed by atoms with Crippen LogP contribution in [0.4, 0.5) is 0 Å². The van der Waals surface area contributed by atoms with Crippen molar-refractivity contribution in [3.63, 3.8) is 0 Å². The van der Waals surface area contributed by atoms with Crippen LogP contribution in [0.15, 0.2) is 71.1 Å². The summed E-state index contributed by atoms with van der Waals surface area (Å²) in [5.41, 5.74) is 0.473. The first kappa shape index (κ1) is 21.2. The van der Waals surface area contributed by atoms with Gasteiger partial charge in [0.2, 0.25) is 5.78 Å². The molecule has 166 valence electrons. The van der Waals surface area contributed by atoms with E-state index < -0.39 is 23.5 Å². The molecule has 0 aliphatic carbocycles. The van der Waals surface area contributed by atoms with E-state index in [2.05, 4.69) is 4.98 Å². The second-order valence-electron chi connectivity index (χ2n) is 7.21. The Morgan fingerprint density at radius 1 is 1.19 bits per heavy atom. The number of aryl methyl sites for hydroxylation is 1. The average molecular weight is 437 g/mol. The van der Waals surface area contributed by atoms with Crippen molar-refractivity contribution < 1.29 is 28.6 Å². The number of hydrogen-bond acceptors (Lipinski definition) is 7. The number of amides is 1. The zero-order chi connectivity index (χ0) is 22.7. The van der Waals surface area contributed by atoms with Crippen molar-refractivity contribution >= 4 is 11.7 Å². The lowest BCUT2D eigenvalue weighted by Crippen LogP contribution is -2.32. The maximum absolute atomic E-state index is 13.2. The SMILES string of the molecule is COc1cccc(C2C(C(=O)c3ccco3)=C(O)C(=O)N2CCCn2ccnc2)c1OC. The van der Waals surface area contributed by atoms with E-state index in [1.54, 1.807) is 36.8 Å². The highest BCUT2D eigenvalue weighted by Gasteiger charge is 2.45. The first-order chi connectivity index (χ1) is 15.6. The second kappa shape index (κ2) is 9.01. The Morgan fingerprint density at radius 3 is 2.69 bits per heavy atom. The fourth-order valence-electron chi connectivity index (χ4n) is 3.95. The van der Waals surface area contributed by atoms with E-state index in [0.717, 1.165) is 0 Å². The van der Waals surface area contributed by atoms with Crippen LogP contribution in [0.3, 0.4) is 0 Å². The molecule has 0 bridgehead atoms. The highest BCUT2D eigenvalue weighted by Crippen LogP contribution is 2.45. The molecule has 1 aliphatic heterocycles. The average Bonchev–Trinajstić information content (AvgIpc) is 3.57. The topological polar surface area (TPSA) is 107 Å². The molecular formula is C23H23N3O6. The van der Waals surface area contributed by atoms with E-state index in [0.29, 0.717) is 36.6 Å². The molecule has 3 aromatic rings. The molecule has 0 spiro atoms. The molecule has 0 saturated carbocycles. The summed E-state index contributed by atoms with van der Waals surface area (Å²) in [7, 11) is 2.99. The maximum atomic E-state index is 13.2. The Balaban J connectivity index is 1.75. The number of carbonyl (C=O) groups is 2. The number of rotatable bonds is 9. The number of aliphatic hydroxyl groups excluding tert-OH is 1. The van der Waals surface area contributed by atoms with Crippen LogP contribution in [0.5, 0.6) is 11.5 Å². The van der Waals surface area contributed by atoms with Gasteiger partial charge in [0.15, 0.2) is 23.0 Å². The van der Waals surface area contributed by atoms with E-state index in [1.165, 1.54) is 31.4 Å². The summed E-state index contributed by atoms with van der Waals surface area (Å²) in [5.74, 6) is -0.914. The number of ether oxygens (including phenoxy) is 2. The van der Waals surface area contributed by atoms with Crippen LogP contribution in [-0.4, -0.2) is 52.0 Å². The number of aliphatic hydroxyl groups is 1. The van der Waals surface area contributed by atoms with Gasteiger partial charge in [-0.1, -0.05) is 12.1 Å². The van der Waals surface area contributed by atoms with E-state index in [1.807, 2.05) is 10.8 Å². The van der Waals surface area contributed by atoms with Gasteiger partial charge in [-0.25, -0.2) is 4.98 Å². The van der Waals surface area contributed by atoms with Gasteiger partial charge in [-0.3, -0.25) is 9.59 Å². The number of carbonyl (C=O) groups excluding carboxylic acids is 2. The molecule has 1 aliphatic rings. The lowest BCUT2D eigenvalue weighted by Gasteiger charge is -2.28. The molecule has 4 rings (SSSR count). The van der Waals surface area contributed by atoms with Gasteiger partial charge in [-0.15, -0.1) is 0 Å². The Morgan fingerprint density at radius 2 is 2.03 bits per heavy atom. The zero-order valence-electron chi connectivity index (χ0n) is 17.7. The van der Waals surface area contributed by atoms with E-state index in [-0.39, 0.29) is 11.3 Å². The maximum Gasteiger partial charge on any atom is 0.290 e. The minimum Gasteiger partial charge on any atom is -0.503 e. The Bertz CT molecular complexity index is 1130. The molecule has 2 aromatic heterocycles. The second-order valence-corrected chi connectivity index (χ2v) is 7.21. The van der Waals surface area contributed by atoms with Gasteiger partial charge in [0, 0.05) is 31.0 Å². The molecule has 0 saturated heterocycles. The number of furan rings is 1. The molecular weight excluding hydrogens is 414 g/mol. The van der Waals surface area contributed by atoms with Crippen LogP contribution in [-0.2, 0) is 11.3 Å². The molecule has 1 aromatic carbocycles. The molecule has 3 heterocycles. The Hall–Kier alpha value is -4.01. The number of benzene rings is 1. The van der Waals surface area contributed by atoms with Gasteiger partial charge in [-0.05, 0) is 24.6 Å². The molecule has 1 unspecified atom stereocenters. The summed E-state index contributed by atoms with van der Waals surface area (Å²) in [5, 5.41) is 10.7. The van der Waals surface area contributed by atoms with Crippen LogP contribution < -0.4 is 9.47 Å². The van der Waals surface area contributed by atoms with Crippen molar-refractivity contribution in [2.45, 2.75) is 19.0 Å². The number of nitrogens with zero attached hydrogens (tertiary/aromatic N) is 3. The molecule has 0 radical (unpaired) electrons. The molecule has 1 N–H and O–H groups in total. The minimum atomic E-state index is -0.868. The molecule has 1 atom stereocenters. The van der Waals surface area contributed by atoms with Gasteiger partial charge < -0.3 is 28.5 Å². The van der Waals surface area contributed by atoms with Crippen LogP contribution in [0.2, 0.25) is 0 Å². The Labute approximate surface area is 184 Å². The predicted molar refractivity (Wildman–Crippen MR) is 114 cm³/mol. The predicted octanol–water partition coefficient (Wildman–Crippen LogP) is 3.16. The molecule has 32 heavy (non-hydrogen) atoms. The lowest BCUT2D eigenvalue weighted by molar-refractivity contribution is -0.129. The fraction of sp³-hybridized carbons (Fsp3) is 0.261. The third-order valence-electron chi connectivity index (χ3n) is 5.40. The van der Waals surface area contributed by atoms with Crippen molar-refractivity contribution in [2.75, 3.05) is 20.8 Å². The Kier molecular flexibility index (Phi) is 5.98. The van der Waals surface area contributed by atoms with Crippen LogP contribution in [0.25, 0.3) is 0 Å². The standard InChI is InChI=1S/C23H23N3O6/c1-30-17-7-3-6-15(22(17)31-2)19-18(20(27)16-8-4-13-32-16)21(28)23(29)26(19)11-5-10-25-12-9-24-14-25/h3-4,6-9,12-14,19,28H,5,10-11H2,1-2H3. The zero-order valence-corrected chi connectivity index (χ0v) is 17.7. The van der Waals surface area contributed by atoms with Crippen LogP contribution >= 0.6 is 0 Å². The minimum absolute atomic E-state index is 0.0338. The van der Waals surface area contributed by atoms with Crippen molar-refractivity contribution in [3.05, 3.63) is 78.0 Å². The molecule has 0 fully saturated rings. The van der Waals surface area contributed by atoms with Crippen molar-refractivity contribution in [2.24, 2.45) is 0 Å². The number of ketones is 1. The highest BCUT2D eigenvalue weighted by atomic mass is 16.5. The quantitative estimate of drug-likeness (QED) is 0.513. The summed E-state index contributed by atoms with van der Waals surface area (Å²) in [6, 6.07) is 7.42. The number of hydrogen-bond donors (Lipinski definition) is 1. The third-order valence-corrected chi connectivity index (χ3v) is 5.40. The lowest BCUT2D eigenvalue weighted by atomic mass is 9.94. The fourth-order valence-corrected chi connectivity index (χ4v) is 3.95. The number of imidazole rings is 1. The number of aromatic nitrogens is 2. The number of methoxy groups -OCH3 is 2. The largest absolute Gasteiger partial charge is 0.503 e. The van der Waals surface area contributed by atoms with Crippen molar-refractivity contribution in [1.82, 2.24) is 14.5 Å². The van der Waals surface area contributed by atoms with Crippen LogP contribution in [0, 0.1) is 0 Å². The van der Waals surface area contributed by atoms with Crippen molar-refractivity contribution in [1.29, 1.82) is 0 Å². The normalized spacial score (nSPS) is 16.0. The van der Waals surface area contributed by atoms with E-state index in [9.17, 15) is 14.7 Å². The van der Waals surface area contributed by atoms with Crippen LogP contribution in [0.1, 0.15) is 28.6 Å². The van der Waals surface area contributed by atoms with Gasteiger partial charge in [-0.2, -0.15) is 0 Å². The monoisotopic (exact) mass is 437 g/mol. The van der Waals surface area contributed by atoms with Gasteiger partial charge >= 0.3 is 0 Å². The highest BCUT2D eigenvalue weighted by molar-refractivity contribution is 6.15. The first-order valence-corrected chi connectivity index (χ1v) is 10.1. The molecule has 9 nitrogen and oxygen atoms in total. The summed E-state index contributed by atoms with van der Waals surface area (Å²) >= 11 is 0.